The molecule has 9 nitrogen and oxygen atoms in total. The van der Waals surface area contributed by atoms with Gasteiger partial charge in [-0.2, -0.15) is 0 Å². The highest BCUT2D eigenvalue weighted by atomic mass is 127. The van der Waals surface area contributed by atoms with E-state index >= 15 is 0 Å². The van der Waals surface area contributed by atoms with E-state index in [2.05, 4.69) is 25.9 Å². The van der Waals surface area contributed by atoms with Gasteiger partial charge in [0, 0.05) is 20.2 Å². The van der Waals surface area contributed by atoms with E-state index in [1.807, 2.05) is 13.8 Å². The van der Waals surface area contributed by atoms with Gasteiger partial charge < -0.3 is 25.4 Å². The van der Waals surface area contributed by atoms with Crippen LogP contribution in [0.15, 0.2) is 4.99 Å². The van der Waals surface area contributed by atoms with Crippen molar-refractivity contribution in [3.63, 3.8) is 0 Å². The molecule has 0 radical (unpaired) electrons. The third-order valence-electron chi connectivity index (χ3n) is 3.35. The molecule has 1 heterocycles. The molecular formula is C17H30IN5O4S. The van der Waals surface area contributed by atoms with Crippen LogP contribution in [0.3, 0.4) is 0 Å². The number of esters is 1. The second-order valence-electron chi connectivity index (χ2n) is 5.59. The molecule has 3 N–H and O–H groups in total. The van der Waals surface area contributed by atoms with Gasteiger partial charge in [0.15, 0.2) is 5.96 Å². The van der Waals surface area contributed by atoms with Crippen molar-refractivity contribution in [2.45, 2.75) is 33.7 Å². The highest BCUT2D eigenvalue weighted by Crippen LogP contribution is 2.24. The van der Waals surface area contributed by atoms with Gasteiger partial charge in [-0.1, -0.05) is 0 Å². The Labute approximate surface area is 187 Å². The molecule has 28 heavy (non-hydrogen) atoms. The van der Waals surface area contributed by atoms with Crippen LogP contribution in [0.5, 0.6) is 0 Å². The van der Waals surface area contributed by atoms with Gasteiger partial charge >= 0.3 is 5.97 Å². The number of aromatic nitrogens is 1. The van der Waals surface area contributed by atoms with Gasteiger partial charge in [-0.05, 0) is 27.7 Å². The zero-order valence-electron chi connectivity index (χ0n) is 17.0. The maximum atomic E-state index is 12.0. The van der Waals surface area contributed by atoms with Crippen LogP contribution in [0.25, 0.3) is 0 Å². The summed E-state index contributed by atoms with van der Waals surface area (Å²) in [4.78, 5) is 33.0. The van der Waals surface area contributed by atoms with Crippen LogP contribution in [0.4, 0.5) is 0 Å². The molecule has 1 amide bonds. The van der Waals surface area contributed by atoms with Crippen molar-refractivity contribution in [1.29, 1.82) is 0 Å². The lowest BCUT2D eigenvalue weighted by Gasteiger charge is -2.16. The van der Waals surface area contributed by atoms with Crippen LogP contribution in [0.2, 0.25) is 0 Å². The third-order valence-corrected chi connectivity index (χ3v) is 4.67. The van der Waals surface area contributed by atoms with Crippen molar-refractivity contribution in [1.82, 2.24) is 20.9 Å². The summed E-state index contributed by atoms with van der Waals surface area (Å²) in [5.74, 6) is -0.0525. The van der Waals surface area contributed by atoms with Crippen LogP contribution in [0, 0.1) is 6.92 Å². The average Bonchev–Trinajstić information content (AvgIpc) is 3.02. The van der Waals surface area contributed by atoms with E-state index in [0.29, 0.717) is 42.8 Å². The summed E-state index contributed by atoms with van der Waals surface area (Å²) in [7, 11) is 1.58. The first-order chi connectivity index (χ1) is 12.9. The van der Waals surface area contributed by atoms with Crippen molar-refractivity contribution in [2.24, 2.45) is 4.99 Å². The van der Waals surface area contributed by atoms with E-state index in [1.165, 1.54) is 11.3 Å². The number of nitrogens with one attached hydrogen (secondary N) is 3. The van der Waals surface area contributed by atoms with Crippen LogP contribution < -0.4 is 16.0 Å². The fraction of sp³-hybridized carbons (Fsp3) is 0.647. The topological polar surface area (TPSA) is 114 Å². The standard InChI is InChI=1S/C17H29N5O4S.HI/c1-6-18-17(20-10-13(23)19-8-9-25-5)22-12(4)15-21-11(3)14(27-15)16(24)26-7-2;/h12H,6-10H2,1-5H3,(H,19,23)(H2,18,20,22);1H. The van der Waals surface area contributed by atoms with Crippen LogP contribution in [-0.2, 0) is 14.3 Å². The molecule has 0 bridgehead atoms. The lowest BCUT2D eigenvalue weighted by molar-refractivity contribution is -0.119. The minimum atomic E-state index is -0.362. The van der Waals surface area contributed by atoms with Gasteiger partial charge in [0.05, 0.1) is 24.9 Å². The van der Waals surface area contributed by atoms with Crippen LogP contribution >= 0.6 is 35.3 Å². The Morgan fingerprint density at radius 2 is 2.00 bits per heavy atom. The number of thiazole rings is 1. The molecule has 1 unspecified atom stereocenters. The highest BCUT2D eigenvalue weighted by molar-refractivity contribution is 14.0. The summed E-state index contributed by atoms with van der Waals surface area (Å²) in [6, 6.07) is -0.189. The number of aryl methyl sites for hydroxylation is 1. The van der Waals surface area contributed by atoms with E-state index in [0.717, 1.165) is 5.01 Å². The largest absolute Gasteiger partial charge is 0.462 e. The summed E-state index contributed by atoms with van der Waals surface area (Å²) in [6.45, 7) is 9.27. The SMILES string of the molecule is CCNC(=NCC(=O)NCCOC)NC(C)c1nc(C)c(C(=O)OCC)s1.I. The van der Waals surface area contributed by atoms with Gasteiger partial charge in [0.1, 0.15) is 16.4 Å². The first kappa shape index (κ1) is 26.5. The van der Waals surface area contributed by atoms with Crippen molar-refractivity contribution >= 4 is 53.1 Å². The summed E-state index contributed by atoms with van der Waals surface area (Å²) >= 11 is 1.29. The quantitative estimate of drug-likeness (QED) is 0.139. The Hall–Kier alpha value is -1.47. The number of carbonyl (C=O) groups is 2. The van der Waals surface area contributed by atoms with Crippen molar-refractivity contribution in [3.05, 3.63) is 15.6 Å². The maximum Gasteiger partial charge on any atom is 0.350 e. The average molecular weight is 527 g/mol. The number of halogens is 1. The molecule has 0 aliphatic rings. The monoisotopic (exact) mass is 527 g/mol. The Kier molecular flexibility index (Phi) is 13.8. The second-order valence-corrected chi connectivity index (χ2v) is 6.62. The van der Waals surface area contributed by atoms with E-state index in [-0.39, 0.29) is 48.4 Å². The van der Waals surface area contributed by atoms with Crippen LogP contribution in [-0.4, -0.2) is 62.8 Å². The smallest absolute Gasteiger partial charge is 0.350 e. The number of methoxy groups -OCH3 is 1. The van der Waals surface area contributed by atoms with Crippen molar-refractivity contribution in [2.75, 3.05) is 40.0 Å². The number of carbonyl (C=O) groups excluding carboxylic acids is 2. The lowest BCUT2D eigenvalue weighted by Crippen LogP contribution is -2.40. The summed E-state index contributed by atoms with van der Waals surface area (Å²) in [6.07, 6.45) is 0. The zero-order valence-corrected chi connectivity index (χ0v) is 20.1. The molecular weight excluding hydrogens is 497 g/mol. The number of amides is 1. The van der Waals surface area contributed by atoms with Gasteiger partial charge in [-0.15, -0.1) is 35.3 Å². The summed E-state index contributed by atoms with van der Waals surface area (Å²) < 4.78 is 9.94. The molecule has 11 heteroatoms. The minimum absolute atomic E-state index is 0. The first-order valence-corrected chi connectivity index (χ1v) is 9.69. The number of guanidine groups is 1. The zero-order chi connectivity index (χ0) is 20.2. The molecule has 0 saturated carbocycles. The fourth-order valence-electron chi connectivity index (χ4n) is 2.07. The molecule has 160 valence electrons. The van der Waals surface area contributed by atoms with E-state index in [1.54, 1.807) is 21.0 Å². The van der Waals surface area contributed by atoms with E-state index in [4.69, 9.17) is 9.47 Å². The Morgan fingerprint density at radius 3 is 2.61 bits per heavy atom. The number of ether oxygens (including phenoxy) is 2. The summed E-state index contributed by atoms with van der Waals surface area (Å²) in [5.41, 5.74) is 0.640. The lowest BCUT2D eigenvalue weighted by atomic mass is 10.3. The molecule has 0 spiro atoms. The van der Waals surface area contributed by atoms with Gasteiger partial charge in [0.2, 0.25) is 5.91 Å². The predicted octanol–water partition coefficient (Wildman–Crippen LogP) is 1.62. The van der Waals surface area contributed by atoms with Crippen LogP contribution in [0.1, 0.15) is 47.2 Å². The normalized spacial score (nSPS) is 12.0. The highest BCUT2D eigenvalue weighted by Gasteiger charge is 2.20. The number of nitrogens with zero attached hydrogens (tertiary/aromatic N) is 2. The Morgan fingerprint density at radius 1 is 1.29 bits per heavy atom. The number of rotatable bonds is 10. The number of hydrogen-bond donors (Lipinski definition) is 3. The first-order valence-electron chi connectivity index (χ1n) is 8.87. The number of hydrogen-bond acceptors (Lipinski definition) is 7. The molecule has 0 aliphatic heterocycles. The van der Waals surface area contributed by atoms with Crippen molar-refractivity contribution in [3.8, 4) is 0 Å². The van der Waals surface area contributed by atoms with Gasteiger partial charge in [-0.3, -0.25) is 4.79 Å². The predicted molar refractivity (Wildman–Crippen MR) is 121 cm³/mol. The minimum Gasteiger partial charge on any atom is -0.462 e. The molecule has 0 saturated heterocycles. The second kappa shape index (κ2) is 14.5. The van der Waals surface area contributed by atoms with Crippen molar-refractivity contribution < 1.29 is 19.1 Å². The molecule has 1 rings (SSSR count). The third kappa shape index (κ3) is 9.15. The molecule has 0 aliphatic carbocycles. The number of aliphatic imine (C=N–C) groups is 1. The Balaban J connectivity index is 0.00000729. The van der Waals surface area contributed by atoms with Gasteiger partial charge in [0.25, 0.3) is 0 Å². The fourth-order valence-corrected chi connectivity index (χ4v) is 3.04. The van der Waals surface area contributed by atoms with Gasteiger partial charge in [-0.25, -0.2) is 14.8 Å². The van der Waals surface area contributed by atoms with E-state index < -0.39 is 0 Å². The molecule has 1 aromatic heterocycles. The molecule has 0 aromatic carbocycles. The molecule has 1 atom stereocenters. The summed E-state index contributed by atoms with van der Waals surface area (Å²) in [5, 5.41) is 9.74. The molecule has 1 aromatic rings. The Bertz CT molecular complexity index is 653. The molecule has 0 fully saturated rings. The van der Waals surface area contributed by atoms with E-state index in [9.17, 15) is 9.59 Å². The maximum absolute atomic E-state index is 12.0.